The van der Waals surface area contributed by atoms with Crippen molar-refractivity contribution in [3.05, 3.63) is 93.3 Å². The molecule has 0 atom stereocenters. The summed E-state index contributed by atoms with van der Waals surface area (Å²) in [6.07, 6.45) is 0. The minimum Gasteiger partial charge on any atom is -0.457 e. The molecule has 0 aliphatic rings. The first kappa shape index (κ1) is 26.7. The van der Waals surface area contributed by atoms with Crippen LogP contribution in [0.15, 0.2) is 59.5 Å². The second-order valence-electron chi connectivity index (χ2n) is 9.51. The highest BCUT2D eigenvalue weighted by Crippen LogP contribution is 2.29. The topological polar surface area (TPSA) is 63.7 Å². The van der Waals surface area contributed by atoms with E-state index in [0.717, 1.165) is 21.0 Å². The summed E-state index contributed by atoms with van der Waals surface area (Å²) >= 11 is 6.22. The molecule has 3 aromatic rings. The fourth-order valence-corrected chi connectivity index (χ4v) is 5.06. The lowest BCUT2D eigenvalue weighted by Crippen LogP contribution is -2.26. The number of carbonyl (C=O) groups excluding carboxylic acids is 1. The number of anilines is 1. The Morgan fingerprint density at radius 2 is 1.57 bits per heavy atom. The Kier molecular flexibility index (Phi) is 7.62. The molecule has 0 aliphatic heterocycles. The van der Waals surface area contributed by atoms with Crippen LogP contribution in [0.2, 0.25) is 5.02 Å². The Hall–Kier alpha value is -2.90. The van der Waals surface area contributed by atoms with Crippen molar-refractivity contribution in [2.45, 2.75) is 51.5 Å². The Morgan fingerprint density at radius 3 is 2.11 bits per heavy atom. The average molecular weight is 518 g/mol. The highest BCUT2D eigenvalue weighted by atomic mass is 35.5. The number of sulfonamides is 1. The van der Waals surface area contributed by atoms with Gasteiger partial charge in [0.05, 0.1) is 21.2 Å². The zero-order valence-corrected chi connectivity index (χ0v) is 22.2. The number of halogens is 2. The largest absolute Gasteiger partial charge is 0.457 e. The van der Waals surface area contributed by atoms with Crippen molar-refractivity contribution in [2.24, 2.45) is 0 Å². The van der Waals surface area contributed by atoms with E-state index in [0.29, 0.717) is 0 Å². The lowest BCUT2D eigenvalue weighted by atomic mass is 9.84. The first-order chi connectivity index (χ1) is 16.2. The van der Waals surface area contributed by atoms with Gasteiger partial charge in [-0.1, -0.05) is 44.5 Å². The van der Waals surface area contributed by atoms with E-state index in [4.69, 9.17) is 16.3 Å². The summed E-state index contributed by atoms with van der Waals surface area (Å²) in [5, 5.41) is 0.0786. The minimum absolute atomic E-state index is 0.00867. The van der Waals surface area contributed by atoms with Crippen LogP contribution < -0.4 is 4.31 Å². The SMILES string of the molecule is Cc1cc(C(C)(C)C)cc(C)c1COC(=O)c1cc(S(=O)(=O)N(C)c2ccc(F)cc2)ccc1Cl. The number of benzene rings is 3. The van der Waals surface area contributed by atoms with E-state index in [1.807, 2.05) is 13.8 Å². The van der Waals surface area contributed by atoms with E-state index in [1.165, 1.54) is 55.1 Å². The van der Waals surface area contributed by atoms with Crippen molar-refractivity contribution in [1.82, 2.24) is 0 Å². The van der Waals surface area contributed by atoms with E-state index in [-0.39, 0.29) is 33.2 Å². The number of esters is 1. The van der Waals surface area contributed by atoms with Gasteiger partial charge >= 0.3 is 5.97 Å². The number of carbonyl (C=O) groups is 1. The number of rotatable bonds is 6. The quantitative estimate of drug-likeness (QED) is 0.347. The van der Waals surface area contributed by atoms with Gasteiger partial charge < -0.3 is 4.74 Å². The van der Waals surface area contributed by atoms with Crippen LogP contribution in [-0.2, 0) is 26.8 Å². The van der Waals surface area contributed by atoms with Gasteiger partial charge in [0, 0.05) is 7.05 Å². The first-order valence-corrected chi connectivity index (χ1v) is 12.9. The molecule has 0 saturated carbocycles. The highest BCUT2D eigenvalue weighted by molar-refractivity contribution is 7.92. The fraction of sp³-hybridized carbons (Fsp3) is 0.296. The summed E-state index contributed by atoms with van der Waals surface area (Å²) in [6, 6.07) is 13.1. The van der Waals surface area contributed by atoms with Crippen molar-refractivity contribution < 1.29 is 22.3 Å². The van der Waals surface area contributed by atoms with Crippen molar-refractivity contribution in [2.75, 3.05) is 11.4 Å². The van der Waals surface area contributed by atoms with Crippen molar-refractivity contribution >= 4 is 33.3 Å². The maximum absolute atomic E-state index is 13.2. The van der Waals surface area contributed by atoms with Gasteiger partial charge in [0.25, 0.3) is 10.0 Å². The lowest BCUT2D eigenvalue weighted by molar-refractivity contribution is 0.0471. The van der Waals surface area contributed by atoms with Gasteiger partial charge in [-0.25, -0.2) is 17.6 Å². The van der Waals surface area contributed by atoms with Gasteiger partial charge in [-0.3, -0.25) is 4.31 Å². The van der Waals surface area contributed by atoms with Gasteiger partial charge in [0.2, 0.25) is 0 Å². The molecule has 0 amide bonds. The molecule has 0 N–H and O–H groups in total. The predicted molar refractivity (Wildman–Crippen MR) is 137 cm³/mol. The second kappa shape index (κ2) is 9.99. The van der Waals surface area contributed by atoms with Crippen molar-refractivity contribution in [3.8, 4) is 0 Å². The predicted octanol–water partition coefficient (Wildman–Crippen LogP) is 6.58. The second-order valence-corrected chi connectivity index (χ2v) is 11.9. The van der Waals surface area contributed by atoms with E-state index in [1.54, 1.807) is 0 Å². The Morgan fingerprint density at radius 1 is 1.00 bits per heavy atom. The molecule has 0 heterocycles. The summed E-state index contributed by atoms with van der Waals surface area (Å²) in [5.74, 6) is -1.20. The number of aryl methyl sites for hydroxylation is 2. The molecule has 8 heteroatoms. The molecule has 0 aliphatic carbocycles. The van der Waals surface area contributed by atoms with Crippen molar-refractivity contribution in [1.29, 1.82) is 0 Å². The van der Waals surface area contributed by atoms with Gasteiger partial charge in [-0.2, -0.15) is 0 Å². The summed E-state index contributed by atoms with van der Waals surface area (Å²) in [4.78, 5) is 12.8. The molecule has 3 rings (SSSR count). The van der Waals surface area contributed by atoms with Gasteiger partial charge in [0.15, 0.2) is 0 Å². The van der Waals surface area contributed by atoms with Crippen LogP contribution >= 0.6 is 11.6 Å². The normalized spacial score (nSPS) is 11.9. The summed E-state index contributed by atoms with van der Waals surface area (Å²) < 4.78 is 46.0. The van der Waals surface area contributed by atoms with Crippen LogP contribution in [0.3, 0.4) is 0 Å². The van der Waals surface area contributed by atoms with Gasteiger partial charge in [-0.15, -0.1) is 0 Å². The molecule has 186 valence electrons. The zero-order valence-electron chi connectivity index (χ0n) is 20.6. The number of hydrogen-bond acceptors (Lipinski definition) is 4. The van der Waals surface area contributed by atoms with Crippen LogP contribution in [0.4, 0.5) is 10.1 Å². The molecular formula is C27H29ClFNO4S. The molecule has 3 aromatic carbocycles. The van der Waals surface area contributed by atoms with E-state index in [2.05, 4.69) is 32.9 Å². The molecular weight excluding hydrogens is 489 g/mol. The number of nitrogens with zero attached hydrogens (tertiary/aromatic N) is 1. The molecule has 35 heavy (non-hydrogen) atoms. The van der Waals surface area contributed by atoms with Crippen LogP contribution in [0.25, 0.3) is 0 Å². The Bertz CT molecular complexity index is 1340. The Balaban J connectivity index is 1.85. The van der Waals surface area contributed by atoms with Crippen LogP contribution in [0.1, 0.15) is 53.4 Å². The van der Waals surface area contributed by atoms with Gasteiger partial charge in [0.1, 0.15) is 12.4 Å². The fourth-order valence-electron chi connectivity index (χ4n) is 3.64. The number of hydrogen-bond donors (Lipinski definition) is 0. The molecule has 0 aromatic heterocycles. The maximum atomic E-state index is 13.2. The molecule has 0 fully saturated rings. The number of ether oxygens (including phenoxy) is 1. The maximum Gasteiger partial charge on any atom is 0.340 e. The highest BCUT2D eigenvalue weighted by Gasteiger charge is 2.25. The minimum atomic E-state index is -4.03. The molecule has 0 saturated heterocycles. The molecule has 5 nitrogen and oxygen atoms in total. The Labute approximate surface area is 211 Å². The molecule has 0 spiro atoms. The first-order valence-electron chi connectivity index (χ1n) is 11.0. The molecule has 0 unspecified atom stereocenters. The lowest BCUT2D eigenvalue weighted by Gasteiger charge is -2.22. The van der Waals surface area contributed by atoms with Crippen LogP contribution in [-0.4, -0.2) is 21.4 Å². The van der Waals surface area contributed by atoms with Gasteiger partial charge in [-0.05, 0) is 84.0 Å². The third-order valence-electron chi connectivity index (χ3n) is 5.92. The summed E-state index contributed by atoms with van der Waals surface area (Å²) in [7, 11) is -2.68. The van der Waals surface area contributed by atoms with E-state index in [9.17, 15) is 17.6 Å². The standard InChI is InChI=1S/C27H29ClFNO4S/c1-17-13-19(27(3,4)5)14-18(2)24(17)16-34-26(31)23-15-22(11-12-25(23)28)35(32,33)30(6)21-9-7-20(29)8-10-21/h7-15H,16H2,1-6H3. The van der Waals surface area contributed by atoms with E-state index < -0.39 is 21.8 Å². The summed E-state index contributed by atoms with van der Waals surface area (Å²) in [6.45, 7) is 10.4. The average Bonchev–Trinajstić information content (AvgIpc) is 2.77. The van der Waals surface area contributed by atoms with Crippen LogP contribution in [0, 0.1) is 19.7 Å². The van der Waals surface area contributed by atoms with Crippen LogP contribution in [0.5, 0.6) is 0 Å². The zero-order chi connectivity index (χ0) is 26.1. The third kappa shape index (κ3) is 5.85. The summed E-state index contributed by atoms with van der Waals surface area (Å²) in [5.41, 5.74) is 4.30. The van der Waals surface area contributed by atoms with Crippen molar-refractivity contribution in [3.63, 3.8) is 0 Å². The molecule has 0 bridgehead atoms. The monoisotopic (exact) mass is 517 g/mol. The third-order valence-corrected chi connectivity index (χ3v) is 8.03. The smallest absolute Gasteiger partial charge is 0.340 e. The van der Waals surface area contributed by atoms with E-state index >= 15 is 0 Å². The molecule has 0 radical (unpaired) electrons.